The molecule has 0 amide bonds. The summed E-state index contributed by atoms with van der Waals surface area (Å²) < 4.78 is 7.06. The summed E-state index contributed by atoms with van der Waals surface area (Å²) >= 11 is 3.59. The quantitative estimate of drug-likeness (QED) is 0.761. The molecule has 1 fully saturated rings. The van der Waals surface area contributed by atoms with Gasteiger partial charge >= 0.3 is 0 Å². The standard InChI is InChI=1S/C16H22BrNO2/c1-11(19)12-6-7-14(13(17)8-12)18-9-15(2,3)20-16(4,5)10-18/h6-8H,9-10H2,1-5H3. The second-order valence-corrected chi connectivity index (χ2v) is 7.55. The van der Waals surface area contributed by atoms with Gasteiger partial charge in [0.25, 0.3) is 0 Å². The molecule has 1 aromatic rings. The van der Waals surface area contributed by atoms with Gasteiger partial charge in [-0.05, 0) is 68.7 Å². The molecule has 3 nitrogen and oxygen atoms in total. The molecule has 1 aliphatic heterocycles. The Bertz CT molecular complexity index is 521. The van der Waals surface area contributed by atoms with Crippen LogP contribution in [-0.4, -0.2) is 30.1 Å². The molecule has 2 rings (SSSR count). The number of morpholine rings is 1. The molecule has 1 aromatic carbocycles. The lowest BCUT2D eigenvalue weighted by atomic mass is 9.98. The van der Waals surface area contributed by atoms with Crippen molar-refractivity contribution in [2.75, 3.05) is 18.0 Å². The van der Waals surface area contributed by atoms with Crippen molar-refractivity contribution in [3.8, 4) is 0 Å². The highest BCUT2D eigenvalue weighted by Crippen LogP contribution is 2.35. The summed E-state index contributed by atoms with van der Waals surface area (Å²) in [6.07, 6.45) is 0. The minimum atomic E-state index is -0.194. The van der Waals surface area contributed by atoms with Gasteiger partial charge in [-0.1, -0.05) is 0 Å². The Morgan fingerprint density at radius 1 is 1.20 bits per heavy atom. The number of carbonyl (C=O) groups excluding carboxylic acids is 1. The molecule has 0 aliphatic carbocycles. The van der Waals surface area contributed by atoms with Crippen LogP contribution in [-0.2, 0) is 4.74 Å². The zero-order chi connectivity index (χ0) is 15.1. The minimum absolute atomic E-state index is 0.0832. The lowest BCUT2D eigenvalue weighted by Crippen LogP contribution is -2.57. The zero-order valence-corrected chi connectivity index (χ0v) is 14.4. The fraction of sp³-hybridized carbons (Fsp3) is 0.562. The molecule has 0 N–H and O–H groups in total. The van der Waals surface area contributed by atoms with Gasteiger partial charge in [-0.15, -0.1) is 0 Å². The number of anilines is 1. The van der Waals surface area contributed by atoms with E-state index in [2.05, 4.69) is 48.5 Å². The zero-order valence-electron chi connectivity index (χ0n) is 12.8. The van der Waals surface area contributed by atoms with E-state index in [1.54, 1.807) is 6.92 Å². The fourth-order valence-corrected chi connectivity index (χ4v) is 3.57. The molecule has 0 saturated carbocycles. The van der Waals surface area contributed by atoms with Gasteiger partial charge in [0.1, 0.15) is 0 Å². The number of benzene rings is 1. The average Bonchev–Trinajstić information content (AvgIpc) is 2.24. The Balaban J connectivity index is 2.34. The predicted octanol–water partition coefficient (Wildman–Crippen LogP) is 4.05. The SMILES string of the molecule is CC(=O)c1ccc(N2CC(C)(C)OC(C)(C)C2)c(Br)c1. The summed E-state index contributed by atoms with van der Waals surface area (Å²) in [5, 5.41) is 0. The number of Topliss-reactive ketones (excluding diaryl/α,β-unsaturated/α-hetero) is 1. The lowest BCUT2D eigenvalue weighted by molar-refractivity contribution is -0.133. The van der Waals surface area contributed by atoms with Crippen LogP contribution in [0.15, 0.2) is 22.7 Å². The van der Waals surface area contributed by atoms with E-state index in [-0.39, 0.29) is 17.0 Å². The number of halogens is 1. The molecule has 20 heavy (non-hydrogen) atoms. The van der Waals surface area contributed by atoms with Gasteiger partial charge < -0.3 is 9.64 Å². The largest absolute Gasteiger partial charge is 0.366 e. The summed E-state index contributed by atoms with van der Waals surface area (Å²) in [6.45, 7) is 11.7. The van der Waals surface area contributed by atoms with Gasteiger partial charge in [0, 0.05) is 23.1 Å². The molecule has 0 bridgehead atoms. The van der Waals surface area contributed by atoms with E-state index in [0.29, 0.717) is 0 Å². The molecule has 4 heteroatoms. The first kappa shape index (κ1) is 15.5. The maximum Gasteiger partial charge on any atom is 0.159 e. The molecule has 1 aliphatic rings. The predicted molar refractivity (Wildman–Crippen MR) is 85.6 cm³/mol. The van der Waals surface area contributed by atoms with Crippen molar-refractivity contribution in [2.24, 2.45) is 0 Å². The third kappa shape index (κ3) is 3.41. The minimum Gasteiger partial charge on any atom is -0.366 e. The van der Waals surface area contributed by atoms with Crippen LogP contribution >= 0.6 is 15.9 Å². The first-order valence-corrected chi connectivity index (χ1v) is 7.65. The van der Waals surface area contributed by atoms with Crippen LogP contribution < -0.4 is 4.90 Å². The monoisotopic (exact) mass is 339 g/mol. The van der Waals surface area contributed by atoms with Crippen molar-refractivity contribution >= 4 is 27.4 Å². The fourth-order valence-electron chi connectivity index (χ4n) is 2.94. The van der Waals surface area contributed by atoms with Crippen LogP contribution in [0.5, 0.6) is 0 Å². The summed E-state index contributed by atoms with van der Waals surface area (Å²) in [6, 6.07) is 5.79. The lowest BCUT2D eigenvalue weighted by Gasteiger charge is -2.48. The van der Waals surface area contributed by atoms with Crippen LogP contribution in [0, 0.1) is 0 Å². The number of hydrogen-bond acceptors (Lipinski definition) is 3. The van der Waals surface area contributed by atoms with Crippen LogP contribution in [0.4, 0.5) is 5.69 Å². The smallest absolute Gasteiger partial charge is 0.159 e. The molecule has 0 aromatic heterocycles. The van der Waals surface area contributed by atoms with Gasteiger partial charge in [0.15, 0.2) is 5.78 Å². The van der Waals surface area contributed by atoms with Crippen molar-refractivity contribution in [1.82, 2.24) is 0 Å². The summed E-state index contributed by atoms with van der Waals surface area (Å²) in [5.41, 5.74) is 1.45. The van der Waals surface area contributed by atoms with E-state index in [1.807, 2.05) is 18.2 Å². The molecule has 0 atom stereocenters. The summed E-state index contributed by atoms with van der Waals surface area (Å²) in [7, 11) is 0. The molecule has 1 saturated heterocycles. The molecule has 0 unspecified atom stereocenters. The van der Waals surface area contributed by atoms with E-state index in [9.17, 15) is 4.79 Å². The molecular formula is C16H22BrNO2. The van der Waals surface area contributed by atoms with E-state index in [4.69, 9.17) is 4.74 Å². The third-order valence-corrected chi connectivity index (χ3v) is 4.03. The molecular weight excluding hydrogens is 318 g/mol. The first-order chi connectivity index (χ1) is 9.10. The van der Waals surface area contributed by atoms with Crippen molar-refractivity contribution in [2.45, 2.75) is 45.8 Å². The number of ketones is 1. The van der Waals surface area contributed by atoms with Crippen LogP contribution in [0.3, 0.4) is 0 Å². The summed E-state index contributed by atoms with van der Waals surface area (Å²) in [5.74, 6) is 0.0832. The highest BCUT2D eigenvalue weighted by atomic mass is 79.9. The van der Waals surface area contributed by atoms with Crippen molar-refractivity contribution in [3.63, 3.8) is 0 Å². The van der Waals surface area contributed by atoms with Crippen molar-refractivity contribution in [1.29, 1.82) is 0 Å². The average molecular weight is 340 g/mol. The maximum absolute atomic E-state index is 11.4. The first-order valence-electron chi connectivity index (χ1n) is 6.85. The third-order valence-electron chi connectivity index (χ3n) is 3.39. The Morgan fingerprint density at radius 2 is 1.75 bits per heavy atom. The summed E-state index contributed by atoms with van der Waals surface area (Å²) in [4.78, 5) is 13.8. The van der Waals surface area contributed by atoms with Crippen LogP contribution in [0.1, 0.15) is 45.0 Å². The Hall–Kier alpha value is -0.870. The topological polar surface area (TPSA) is 29.5 Å². The number of carbonyl (C=O) groups is 1. The van der Waals surface area contributed by atoms with Crippen LogP contribution in [0.25, 0.3) is 0 Å². The number of nitrogens with zero attached hydrogens (tertiary/aromatic N) is 1. The van der Waals surface area contributed by atoms with Crippen molar-refractivity contribution in [3.05, 3.63) is 28.2 Å². The van der Waals surface area contributed by atoms with E-state index in [0.717, 1.165) is 28.8 Å². The van der Waals surface area contributed by atoms with Gasteiger partial charge in [0.2, 0.25) is 0 Å². The normalized spacial score (nSPS) is 20.8. The van der Waals surface area contributed by atoms with Crippen LogP contribution in [0.2, 0.25) is 0 Å². The van der Waals surface area contributed by atoms with E-state index < -0.39 is 0 Å². The number of ether oxygens (including phenoxy) is 1. The van der Waals surface area contributed by atoms with E-state index in [1.165, 1.54) is 0 Å². The second-order valence-electron chi connectivity index (χ2n) is 6.70. The number of rotatable bonds is 2. The molecule has 110 valence electrons. The molecule has 0 radical (unpaired) electrons. The molecule has 1 heterocycles. The Labute approximate surface area is 129 Å². The maximum atomic E-state index is 11.4. The van der Waals surface area contributed by atoms with Gasteiger partial charge in [0.05, 0.1) is 16.9 Å². The highest BCUT2D eigenvalue weighted by Gasteiger charge is 2.38. The van der Waals surface area contributed by atoms with E-state index >= 15 is 0 Å². The number of hydrogen-bond donors (Lipinski definition) is 0. The second kappa shape index (κ2) is 5.15. The molecule has 0 spiro atoms. The van der Waals surface area contributed by atoms with Gasteiger partial charge in [-0.25, -0.2) is 0 Å². The van der Waals surface area contributed by atoms with Crippen molar-refractivity contribution < 1.29 is 9.53 Å². The Morgan fingerprint density at radius 3 is 2.20 bits per heavy atom. The highest BCUT2D eigenvalue weighted by molar-refractivity contribution is 9.10. The van der Waals surface area contributed by atoms with Gasteiger partial charge in [-0.2, -0.15) is 0 Å². The Kier molecular flexibility index (Phi) is 4.00. The van der Waals surface area contributed by atoms with Gasteiger partial charge in [-0.3, -0.25) is 4.79 Å².